The number of methoxy groups -OCH3 is 1. The number of nitrogens with zero attached hydrogens (tertiary/aromatic N) is 1. The molecule has 0 saturated heterocycles. The first kappa shape index (κ1) is 11.9. The van der Waals surface area contributed by atoms with Crippen molar-refractivity contribution in [2.45, 2.75) is 12.5 Å². The van der Waals surface area contributed by atoms with Crippen molar-refractivity contribution in [3.8, 4) is 0 Å². The average molecular weight is 214 g/mol. The summed E-state index contributed by atoms with van der Waals surface area (Å²) >= 11 is 0. The van der Waals surface area contributed by atoms with E-state index in [1.54, 1.807) is 13.2 Å². The van der Waals surface area contributed by atoms with E-state index < -0.39 is 5.95 Å². The maximum absolute atomic E-state index is 12.8. The highest BCUT2D eigenvalue weighted by atomic mass is 19.1. The van der Waals surface area contributed by atoms with Crippen molar-refractivity contribution in [1.82, 2.24) is 4.98 Å². The minimum absolute atomic E-state index is 0.0261. The largest absolute Gasteiger partial charge is 0.396 e. The molecule has 2 N–H and O–H groups in total. The summed E-state index contributed by atoms with van der Waals surface area (Å²) in [5.74, 6) is -0.528. The maximum Gasteiger partial charge on any atom is 0.214 e. The molecule has 0 aliphatic heterocycles. The molecule has 1 atom stereocenters. The summed E-state index contributed by atoms with van der Waals surface area (Å²) in [5.41, 5.74) is 0.637. The minimum atomic E-state index is -0.528. The van der Waals surface area contributed by atoms with Crippen LogP contribution in [0.3, 0.4) is 0 Å². The lowest BCUT2D eigenvalue weighted by Gasteiger charge is -2.17. The van der Waals surface area contributed by atoms with Crippen molar-refractivity contribution in [3.05, 3.63) is 24.3 Å². The predicted molar refractivity (Wildman–Crippen MR) is 55.2 cm³/mol. The third-order valence-corrected chi connectivity index (χ3v) is 1.94. The van der Waals surface area contributed by atoms with Gasteiger partial charge in [0, 0.05) is 31.7 Å². The molecule has 0 radical (unpaired) electrons. The number of aliphatic hydroxyl groups is 1. The Bertz CT molecular complexity index is 291. The van der Waals surface area contributed by atoms with Gasteiger partial charge in [0.15, 0.2) is 0 Å². The molecule has 84 valence electrons. The van der Waals surface area contributed by atoms with Crippen LogP contribution in [0.15, 0.2) is 18.3 Å². The second-order valence-corrected chi connectivity index (χ2v) is 3.18. The molecule has 1 aromatic rings. The molecule has 0 aliphatic carbocycles. The maximum atomic E-state index is 12.8. The lowest BCUT2D eigenvalue weighted by molar-refractivity contribution is 0.170. The van der Waals surface area contributed by atoms with Gasteiger partial charge in [0.25, 0.3) is 0 Å². The Morgan fingerprint density at radius 3 is 3.07 bits per heavy atom. The standard InChI is InChI=1S/C10H15FN2O2/c1-15-7-9(3-5-14)13-8-2-4-12-10(11)6-8/h2,4,6,9,14H,3,5,7H2,1H3,(H,12,13). The first-order valence-electron chi connectivity index (χ1n) is 4.74. The van der Waals surface area contributed by atoms with Gasteiger partial charge in [-0.05, 0) is 12.5 Å². The Hall–Kier alpha value is -1.20. The van der Waals surface area contributed by atoms with Gasteiger partial charge in [-0.1, -0.05) is 0 Å². The fraction of sp³-hybridized carbons (Fsp3) is 0.500. The second kappa shape index (κ2) is 6.31. The second-order valence-electron chi connectivity index (χ2n) is 3.18. The molecule has 0 aliphatic rings. The number of anilines is 1. The Labute approximate surface area is 88.1 Å². The number of ether oxygens (including phenoxy) is 1. The number of halogens is 1. The van der Waals surface area contributed by atoms with Crippen LogP contribution in [0.25, 0.3) is 0 Å². The molecule has 15 heavy (non-hydrogen) atoms. The average Bonchev–Trinajstić information content (AvgIpc) is 2.18. The molecule has 1 rings (SSSR count). The van der Waals surface area contributed by atoms with Crippen molar-refractivity contribution in [2.24, 2.45) is 0 Å². The van der Waals surface area contributed by atoms with Gasteiger partial charge in [-0.3, -0.25) is 0 Å². The number of rotatable bonds is 6. The Morgan fingerprint density at radius 2 is 2.47 bits per heavy atom. The Balaban J connectivity index is 2.56. The molecule has 5 heteroatoms. The van der Waals surface area contributed by atoms with Gasteiger partial charge in [0.2, 0.25) is 5.95 Å². The first-order chi connectivity index (χ1) is 7.26. The zero-order valence-corrected chi connectivity index (χ0v) is 8.61. The number of hydrogen-bond acceptors (Lipinski definition) is 4. The molecule has 4 nitrogen and oxygen atoms in total. The molecular weight excluding hydrogens is 199 g/mol. The monoisotopic (exact) mass is 214 g/mol. The first-order valence-corrected chi connectivity index (χ1v) is 4.74. The van der Waals surface area contributed by atoms with Crippen molar-refractivity contribution in [1.29, 1.82) is 0 Å². The molecule has 0 bridgehead atoms. The molecule has 0 amide bonds. The minimum Gasteiger partial charge on any atom is -0.396 e. The zero-order chi connectivity index (χ0) is 11.1. The fourth-order valence-electron chi connectivity index (χ4n) is 1.28. The van der Waals surface area contributed by atoms with Gasteiger partial charge in [-0.2, -0.15) is 4.39 Å². The van der Waals surface area contributed by atoms with Gasteiger partial charge >= 0.3 is 0 Å². The summed E-state index contributed by atoms with van der Waals surface area (Å²) in [6.07, 6.45) is 1.94. The van der Waals surface area contributed by atoms with Crippen molar-refractivity contribution < 1.29 is 14.2 Å². The number of aliphatic hydroxyl groups excluding tert-OH is 1. The molecular formula is C10H15FN2O2. The quantitative estimate of drug-likeness (QED) is 0.694. The van der Waals surface area contributed by atoms with Crippen molar-refractivity contribution in [3.63, 3.8) is 0 Å². The van der Waals surface area contributed by atoms with E-state index in [0.717, 1.165) is 0 Å². The summed E-state index contributed by atoms with van der Waals surface area (Å²) < 4.78 is 17.7. The molecule has 0 spiro atoms. The van der Waals surface area contributed by atoms with Gasteiger partial charge in [-0.25, -0.2) is 4.98 Å². The predicted octanol–water partition coefficient (Wildman–Crippen LogP) is 1.03. The summed E-state index contributed by atoms with van der Waals surface area (Å²) in [4.78, 5) is 3.45. The Kier molecular flexibility index (Phi) is 5.00. The van der Waals surface area contributed by atoms with Crippen molar-refractivity contribution in [2.75, 3.05) is 25.6 Å². The summed E-state index contributed by atoms with van der Waals surface area (Å²) in [6, 6.07) is 2.95. The van der Waals surface area contributed by atoms with Crippen molar-refractivity contribution >= 4 is 5.69 Å². The molecule has 1 heterocycles. The van der Waals surface area contributed by atoms with E-state index in [0.29, 0.717) is 18.7 Å². The van der Waals surface area contributed by atoms with Crippen LogP contribution in [0.2, 0.25) is 0 Å². The van der Waals surface area contributed by atoms with Crippen LogP contribution in [0, 0.1) is 5.95 Å². The van der Waals surface area contributed by atoms with Crippen LogP contribution < -0.4 is 5.32 Å². The summed E-state index contributed by atoms with van der Waals surface area (Å²) in [5, 5.41) is 11.9. The number of hydrogen-bond donors (Lipinski definition) is 2. The van der Waals surface area contributed by atoms with Gasteiger partial charge < -0.3 is 15.2 Å². The summed E-state index contributed by atoms with van der Waals surface area (Å²) in [7, 11) is 1.58. The van der Waals surface area contributed by atoms with E-state index in [9.17, 15) is 4.39 Å². The van der Waals surface area contributed by atoms with E-state index in [4.69, 9.17) is 9.84 Å². The highest BCUT2D eigenvalue weighted by Gasteiger charge is 2.07. The van der Waals surface area contributed by atoms with Gasteiger partial charge in [0.1, 0.15) is 0 Å². The molecule has 1 aromatic heterocycles. The normalized spacial score (nSPS) is 12.5. The topological polar surface area (TPSA) is 54.4 Å². The smallest absolute Gasteiger partial charge is 0.214 e. The molecule has 0 aromatic carbocycles. The van der Waals surface area contributed by atoms with Crippen LogP contribution >= 0.6 is 0 Å². The van der Waals surface area contributed by atoms with E-state index in [2.05, 4.69) is 10.3 Å². The van der Waals surface area contributed by atoms with Gasteiger partial charge in [-0.15, -0.1) is 0 Å². The number of aromatic nitrogens is 1. The van der Waals surface area contributed by atoms with E-state index in [1.807, 2.05) is 0 Å². The molecule has 0 saturated carbocycles. The lowest BCUT2D eigenvalue weighted by atomic mass is 10.2. The summed E-state index contributed by atoms with van der Waals surface area (Å²) in [6.45, 7) is 0.527. The lowest BCUT2D eigenvalue weighted by Crippen LogP contribution is -2.26. The van der Waals surface area contributed by atoms with Crippen LogP contribution in [-0.2, 0) is 4.74 Å². The third-order valence-electron chi connectivity index (χ3n) is 1.94. The number of pyridine rings is 1. The van der Waals surface area contributed by atoms with Crippen LogP contribution in [0.1, 0.15) is 6.42 Å². The highest BCUT2D eigenvalue weighted by Crippen LogP contribution is 2.10. The van der Waals surface area contributed by atoms with E-state index in [-0.39, 0.29) is 12.6 Å². The Morgan fingerprint density at radius 1 is 1.67 bits per heavy atom. The third kappa shape index (κ3) is 4.22. The van der Waals surface area contributed by atoms with Crippen LogP contribution in [0.4, 0.5) is 10.1 Å². The van der Waals surface area contributed by atoms with Crippen LogP contribution in [0.5, 0.6) is 0 Å². The SMILES string of the molecule is COCC(CCO)Nc1ccnc(F)c1. The van der Waals surface area contributed by atoms with E-state index >= 15 is 0 Å². The fourth-order valence-corrected chi connectivity index (χ4v) is 1.28. The van der Waals surface area contributed by atoms with Crippen LogP contribution in [-0.4, -0.2) is 36.5 Å². The van der Waals surface area contributed by atoms with Gasteiger partial charge in [0.05, 0.1) is 12.6 Å². The molecule has 0 fully saturated rings. The zero-order valence-electron chi connectivity index (χ0n) is 8.61. The number of nitrogens with one attached hydrogen (secondary N) is 1. The van der Waals surface area contributed by atoms with E-state index in [1.165, 1.54) is 12.3 Å². The highest BCUT2D eigenvalue weighted by molar-refractivity contribution is 5.42. The molecule has 1 unspecified atom stereocenters.